The number of carbonyl (C=O) groups is 4. The lowest BCUT2D eigenvalue weighted by atomic mass is 10.0. The summed E-state index contributed by atoms with van der Waals surface area (Å²) < 4.78 is 34.2. The molecule has 2 aromatic carbocycles. The highest BCUT2D eigenvalue weighted by atomic mass is 32.2. The van der Waals surface area contributed by atoms with E-state index in [2.05, 4.69) is 17.2 Å². The van der Waals surface area contributed by atoms with Gasteiger partial charge in [0.15, 0.2) is 5.66 Å². The number of unbranched alkanes of at least 4 members (excludes halogenated alkanes) is 12. The summed E-state index contributed by atoms with van der Waals surface area (Å²) in [6.07, 6.45) is 19.2. The van der Waals surface area contributed by atoms with E-state index in [1.165, 1.54) is 81.8 Å². The number of sulfonamides is 1. The van der Waals surface area contributed by atoms with Crippen LogP contribution in [-0.4, -0.2) is 65.6 Å². The molecule has 310 valence electrons. The second-order valence-corrected chi connectivity index (χ2v) is 16.7. The second kappa shape index (κ2) is 23.1. The first-order valence-electron chi connectivity index (χ1n) is 21.0. The Hall–Kier alpha value is -4.42. The Morgan fingerprint density at radius 2 is 1.33 bits per heavy atom. The highest BCUT2D eigenvalue weighted by Gasteiger charge is 2.50. The maximum atomic E-state index is 14.2. The zero-order valence-electron chi connectivity index (χ0n) is 34.2. The quantitative estimate of drug-likeness (QED) is 0.0694. The standard InChI is InChI=1S/C45H62N4O7S/c1-4-6-7-8-9-10-11-12-13-14-15-16-17-24-42(51)49(41(50)21-5-2)57(54,55)40-23-19-18-22-39(40)37-27-25-36(26-28-37)35-47-45(44(53)56-3)31-20-34-48(45)43(52)38-29-32-46-33-30-38/h18-19,22-23,25-30,32-33,47H,4-17,20-21,24,31,34-35H2,1-3H3. The lowest BCUT2D eigenvalue weighted by molar-refractivity contribution is -0.154. The zero-order chi connectivity index (χ0) is 41.1. The van der Waals surface area contributed by atoms with Crippen LogP contribution >= 0.6 is 0 Å². The molecule has 1 unspecified atom stereocenters. The number of ether oxygens (including phenoxy) is 1. The van der Waals surface area contributed by atoms with Gasteiger partial charge in [-0.1, -0.05) is 133 Å². The molecule has 0 bridgehead atoms. The third kappa shape index (κ3) is 12.3. The predicted octanol–water partition coefficient (Wildman–Crippen LogP) is 8.97. The lowest BCUT2D eigenvalue weighted by Gasteiger charge is -2.36. The second-order valence-electron chi connectivity index (χ2n) is 15.0. The number of amides is 3. The molecule has 1 aromatic heterocycles. The molecule has 1 aliphatic rings. The van der Waals surface area contributed by atoms with Crippen LogP contribution in [-0.2, 0) is 35.7 Å². The van der Waals surface area contributed by atoms with Gasteiger partial charge >= 0.3 is 5.97 Å². The number of pyridine rings is 1. The first-order valence-corrected chi connectivity index (χ1v) is 22.4. The van der Waals surface area contributed by atoms with Gasteiger partial charge in [0.25, 0.3) is 15.9 Å². The van der Waals surface area contributed by atoms with Gasteiger partial charge < -0.3 is 9.64 Å². The Labute approximate surface area is 340 Å². The van der Waals surface area contributed by atoms with Crippen molar-refractivity contribution in [3.8, 4) is 11.1 Å². The SMILES string of the molecule is CCCCCCCCCCCCCCCC(=O)N(C(=O)CCC)S(=O)(=O)c1ccccc1-c1ccc(CNC2(C(=O)OC)CCCN2C(=O)c2ccncc2)cc1. The van der Waals surface area contributed by atoms with Crippen LogP contribution in [0.3, 0.4) is 0 Å². The van der Waals surface area contributed by atoms with Gasteiger partial charge in [-0.3, -0.25) is 24.7 Å². The molecule has 11 nitrogen and oxygen atoms in total. The van der Waals surface area contributed by atoms with E-state index in [1.807, 2.05) is 0 Å². The zero-order valence-corrected chi connectivity index (χ0v) is 35.0. The van der Waals surface area contributed by atoms with E-state index in [1.54, 1.807) is 61.5 Å². The molecule has 0 saturated carbocycles. The number of hydrogen-bond acceptors (Lipinski definition) is 9. The number of aromatic nitrogens is 1. The van der Waals surface area contributed by atoms with Gasteiger partial charge in [-0.25, -0.2) is 13.2 Å². The van der Waals surface area contributed by atoms with Crippen LogP contribution in [0, 0.1) is 0 Å². The summed E-state index contributed by atoms with van der Waals surface area (Å²) in [5, 5.41) is 3.29. The number of benzene rings is 2. The van der Waals surface area contributed by atoms with Crippen molar-refractivity contribution >= 4 is 33.7 Å². The molecule has 1 fully saturated rings. The highest BCUT2D eigenvalue weighted by Crippen LogP contribution is 2.33. The maximum absolute atomic E-state index is 14.2. The molecule has 1 N–H and O–H groups in total. The summed E-state index contributed by atoms with van der Waals surface area (Å²) in [5.74, 6) is -2.30. The first-order chi connectivity index (χ1) is 27.6. The van der Waals surface area contributed by atoms with Gasteiger partial charge in [0.05, 0.1) is 12.0 Å². The number of likely N-dealkylation sites (tertiary alicyclic amines) is 1. The Bertz CT molecular complexity index is 1850. The molecule has 3 amide bonds. The number of hydrogen-bond donors (Lipinski definition) is 1. The van der Waals surface area contributed by atoms with E-state index in [4.69, 9.17) is 4.74 Å². The van der Waals surface area contributed by atoms with E-state index >= 15 is 0 Å². The predicted molar refractivity (Wildman–Crippen MR) is 222 cm³/mol. The van der Waals surface area contributed by atoms with Crippen molar-refractivity contribution in [1.82, 2.24) is 19.5 Å². The molecule has 0 spiro atoms. The molecule has 57 heavy (non-hydrogen) atoms. The fraction of sp³-hybridized carbons (Fsp3) is 0.533. The summed E-state index contributed by atoms with van der Waals surface area (Å²) in [5.41, 5.74) is 0.746. The fourth-order valence-electron chi connectivity index (χ4n) is 7.58. The Balaban J connectivity index is 1.41. The number of imide groups is 1. The van der Waals surface area contributed by atoms with Crippen LogP contribution in [0.1, 0.15) is 145 Å². The van der Waals surface area contributed by atoms with Crippen molar-refractivity contribution in [3.63, 3.8) is 0 Å². The molecule has 2 heterocycles. The topological polar surface area (TPSA) is 143 Å². The van der Waals surface area contributed by atoms with E-state index in [0.29, 0.717) is 53.2 Å². The van der Waals surface area contributed by atoms with Crippen molar-refractivity contribution in [1.29, 1.82) is 0 Å². The highest BCUT2D eigenvalue weighted by molar-refractivity contribution is 7.90. The molecule has 1 saturated heterocycles. The third-order valence-electron chi connectivity index (χ3n) is 10.7. The molecular formula is C45H62N4O7S. The normalized spacial score (nSPS) is 15.4. The molecule has 1 aliphatic heterocycles. The largest absolute Gasteiger partial charge is 0.466 e. The van der Waals surface area contributed by atoms with Gasteiger partial charge in [0.1, 0.15) is 0 Å². The Kier molecular flexibility index (Phi) is 18.4. The minimum Gasteiger partial charge on any atom is -0.466 e. The van der Waals surface area contributed by atoms with E-state index in [0.717, 1.165) is 31.2 Å². The summed E-state index contributed by atoms with van der Waals surface area (Å²) in [4.78, 5) is 59.0. The summed E-state index contributed by atoms with van der Waals surface area (Å²) in [6, 6.07) is 16.7. The van der Waals surface area contributed by atoms with E-state index < -0.39 is 33.5 Å². The van der Waals surface area contributed by atoms with Gasteiger partial charge in [0, 0.05) is 49.5 Å². The molecule has 0 aliphatic carbocycles. The van der Waals surface area contributed by atoms with Crippen molar-refractivity contribution in [3.05, 3.63) is 84.2 Å². The van der Waals surface area contributed by atoms with Crippen LogP contribution < -0.4 is 5.32 Å². The number of nitrogens with zero attached hydrogens (tertiary/aromatic N) is 3. The van der Waals surface area contributed by atoms with Crippen LogP contribution in [0.25, 0.3) is 11.1 Å². The van der Waals surface area contributed by atoms with Gasteiger partial charge in [0.2, 0.25) is 11.8 Å². The minimum absolute atomic E-state index is 0.0189. The van der Waals surface area contributed by atoms with Gasteiger partial charge in [-0.05, 0) is 55.0 Å². The molecule has 0 radical (unpaired) electrons. The van der Waals surface area contributed by atoms with Crippen molar-refractivity contribution in [2.75, 3.05) is 13.7 Å². The summed E-state index contributed by atoms with van der Waals surface area (Å²) in [7, 11) is -3.23. The van der Waals surface area contributed by atoms with Gasteiger partial charge in [-0.2, -0.15) is 4.31 Å². The first kappa shape index (κ1) is 45.3. The van der Waals surface area contributed by atoms with Crippen molar-refractivity contribution < 1.29 is 32.3 Å². The molecule has 4 rings (SSSR count). The summed E-state index contributed by atoms with van der Waals surface area (Å²) >= 11 is 0. The Morgan fingerprint density at radius 3 is 1.93 bits per heavy atom. The van der Waals surface area contributed by atoms with Crippen LogP contribution in [0.2, 0.25) is 0 Å². The van der Waals surface area contributed by atoms with Crippen LogP contribution in [0.5, 0.6) is 0 Å². The fourth-order valence-corrected chi connectivity index (χ4v) is 9.21. The maximum Gasteiger partial charge on any atom is 0.347 e. The van der Waals surface area contributed by atoms with E-state index in [9.17, 15) is 27.6 Å². The smallest absolute Gasteiger partial charge is 0.347 e. The lowest BCUT2D eigenvalue weighted by Crippen LogP contribution is -2.62. The van der Waals surface area contributed by atoms with Crippen molar-refractivity contribution in [2.24, 2.45) is 0 Å². The Morgan fingerprint density at radius 1 is 0.754 bits per heavy atom. The minimum atomic E-state index is -4.53. The van der Waals surface area contributed by atoms with Crippen molar-refractivity contribution in [2.45, 2.75) is 147 Å². The van der Waals surface area contributed by atoms with E-state index in [-0.39, 0.29) is 30.2 Å². The monoisotopic (exact) mass is 802 g/mol. The number of nitrogens with one attached hydrogen (secondary N) is 1. The van der Waals surface area contributed by atoms with Crippen LogP contribution in [0.4, 0.5) is 0 Å². The number of esters is 1. The third-order valence-corrected chi connectivity index (χ3v) is 12.5. The summed E-state index contributed by atoms with van der Waals surface area (Å²) in [6.45, 7) is 4.59. The molecular weight excluding hydrogens is 741 g/mol. The van der Waals surface area contributed by atoms with Gasteiger partial charge in [-0.15, -0.1) is 0 Å². The number of rotatable bonds is 24. The molecule has 1 atom stereocenters. The molecule has 3 aromatic rings. The average molecular weight is 803 g/mol. The van der Waals surface area contributed by atoms with Crippen LogP contribution in [0.15, 0.2) is 78.0 Å². The average Bonchev–Trinajstić information content (AvgIpc) is 3.66. The number of carbonyl (C=O) groups excluding carboxylic acids is 4. The molecule has 12 heteroatoms. The number of methoxy groups -OCH3 is 1.